The number of aliphatic carboxylic acids is 1. The first-order valence-electron chi connectivity index (χ1n) is 6.97. The zero-order valence-electron chi connectivity index (χ0n) is 13.5. The van der Waals surface area contributed by atoms with Crippen molar-refractivity contribution in [3.8, 4) is 0 Å². The van der Waals surface area contributed by atoms with Gasteiger partial charge < -0.3 is 10.0 Å². The lowest BCUT2D eigenvalue weighted by molar-refractivity contribution is -0.148. The number of rotatable bonds is 6. The van der Waals surface area contributed by atoms with Crippen molar-refractivity contribution in [3.05, 3.63) is 29.8 Å². The molecule has 1 rings (SSSR count). The number of nitrogens with one attached hydrogen (secondary N) is 1. The Balaban J connectivity index is 3.11. The monoisotopic (exact) mass is 382 g/mol. The highest BCUT2D eigenvalue weighted by atomic mass is 32.2. The van der Waals surface area contributed by atoms with Crippen LogP contribution in [-0.4, -0.2) is 49.4 Å². The summed E-state index contributed by atoms with van der Waals surface area (Å²) >= 11 is 0. The fraction of sp³-hybridized carbons (Fsp3) is 0.429. The maximum atomic E-state index is 13.0. The van der Waals surface area contributed by atoms with Crippen molar-refractivity contribution in [2.24, 2.45) is 0 Å². The van der Waals surface area contributed by atoms with Crippen LogP contribution >= 0.6 is 0 Å². The van der Waals surface area contributed by atoms with E-state index in [-0.39, 0.29) is 0 Å². The minimum Gasteiger partial charge on any atom is -0.480 e. The highest BCUT2D eigenvalue weighted by Crippen LogP contribution is 2.33. The number of carboxylic acid groups (broad SMARTS) is 1. The Morgan fingerprint density at radius 2 is 1.72 bits per heavy atom. The molecule has 2 atom stereocenters. The van der Waals surface area contributed by atoms with Crippen LogP contribution in [0, 0.1) is 0 Å². The molecule has 0 spiro atoms. The molecule has 0 saturated carbocycles. The number of carboxylic acids is 1. The molecule has 140 valence electrons. The summed E-state index contributed by atoms with van der Waals surface area (Å²) in [5.74, 6) is -2.21. The van der Waals surface area contributed by atoms with Gasteiger partial charge in [0.2, 0.25) is 15.9 Å². The van der Waals surface area contributed by atoms with Crippen LogP contribution < -0.4 is 4.72 Å². The second-order valence-electron chi connectivity index (χ2n) is 5.30. The first-order valence-corrected chi connectivity index (χ1v) is 8.45. The van der Waals surface area contributed by atoms with Crippen molar-refractivity contribution < 1.29 is 36.3 Å². The number of hydrogen-bond acceptors (Lipinski definition) is 4. The number of carbonyl (C=O) groups excluding carboxylic acids is 1. The molecule has 1 aromatic carbocycles. The van der Waals surface area contributed by atoms with Gasteiger partial charge in [-0.1, -0.05) is 12.1 Å². The lowest BCUT2D eigenvalue weighted by atomic mass is 10.2. The van der Waals surface area contributed by atoms with Gasteiger partial charge in [0.25, 0.3) is 0 Å². The number of nitrogens with zero attached hydrogens (tertiary/aromatic N) is 1. The van der Waals surface area contributed by atoms with Crippen molar-refractivity contribution in [2.75, 3.05) is 7.05 Å². The van der Waals surface area contributed by atoms with Gasteiger partial charge in [0.15, 0.2) is 0 Å². The Hall–Kier alpha value is -2.14. The van der Waals surface area contributed by atoms with E-state index in [0.29, 0.717) is 6.07 Å². The van der Waals surface area contributed by atoms with Crippen LogP contribution in [0.4, 0.5) is 13.2 Å². The fourth-order valence-electron chi connectivity index (χ4n) is 1.94. The van der Waals surface area contributed by atoms with Gasteiger partial charge in [-0.15, -0.1) is 0 Å². The van der Waals surface area contributed by atoms with Gasteiger partial charge >= 0.3 is 12.1 Å². The Morgan fingerprint density at radius 1 is 1.20 bits per heavy atom. The highest BCUT2D eigenvalue weighted by Gasteiger charge is 2.38. The van der Waals surface area contributed by atoms with E-state index in [4.69, 9.17) is 5.11 Å². The minimum absolute atomic E-state index is 0.611. The van der Waals surface area contributed by atoms with Gasteiger partial charge in [-0.05, 0) is 26.0 Å². The summed E-state index contributed by atoms with van der Waals surface area (Å²) in [5, 5.41) is 8.86. The van der Waals surface area contributed by atoms with Gasteiger partial charge in [0.1, 0.15) is 6.04 Å². The molecule has 0 aliphatic heterocycles. The largest absolute Gasteiger partial charge is 0.480 e. The van der Waals surface area contributed by atoms with Crippen LogP contribution in [0.1, 0.15) is 19.4 Å². The van der Waals surface area contributed by atoms with Gasteiger partial charge in [-0.2, -0.15) is 17.9 Å². The van der Waals surface area contributed by atoms with E-state index >= 15 is 0 Å². The molecule has 0 radical (unpaired) electrons. The molecule has 1 amide bonds. The number of likely N-dealkylation sites (N-methyl/N-ethyl adjacent to an activating group) is 1. The molecule has 11 heteroatoms. The third kappa shape index (κ3) is 4.92. The smallest absolute Gasteiger partial charge is 0.417 e. The van der Waals surface area contributed by atoms with Crippen molar-refractivity contribution in [3.63, 3.8) is 0 Å². The van der Waals surface area contributed by atoms with Gasteiger partial charge in [-0.25, -0.2) is 13.2 Å². The molecule has 2 N–H and O–H groups in total. The summed E-state index contributed by atoms with van der Waals surface area (Å²) in [6.07, 6.45) is -4.90. The Kier molecular flexibility index (Phi) is 6.19. The molecule has 25 heavy (non-hydrogen) atoms. The van der Waals surface area contributed by atoms with Gasteiger partial charge in [-0.3, -0.25) is 4.79 Å². The lowest BCUT2D eigenvalue weighted by Crippen LogP contribution is -2.50. The van der Waals surface area contributed by atoms with Crippen LogP contribution in [0.3, 0.4) is 0 Å². The zero-order chi connectivity index (χ0) is 19.6. The Labute approximate surface area is 142 Å². The molecule has 0 fully saturated rings. The van der Waals surface area contributed by atoms with E-state index in [9.17, 15) is 31.2 Å². The average Bonchev–Trinajstić information content (AvgIpc) is 2.51. The van der Waals surface area contributed by atoms with E-state index < -0.39 is 50.6 Å². The van der Waals surface area contributed by atoms with E-state index in [1.165, 1.54) is 6.92 Å². The number of benzene rings is 1. The molecule has 0 saturated heterocycles. The summed E-state index contributed by atoms with van der Waals surface area (Å²) < 4.78 is 65.2. The molecule has 0 aromatic heterocycles. The fourth-order valence-corrected chi connectivity index (χ4v) is 3.37. The maximum absolute atomic E-state index is 13.0. The number of halogens is 3. The molecule has 7 nitrogen and oxygen atoms in total. The van der Waals surface area contributed by atoms with Crippen LogP contribution in [-0.2, 0) is 25.8 Å². The Morgan fingerprint density at radius 3 is 2.20 bits per heavy atom. The predicted molar refractivity (Wildman–Crippen MR) is 81.1 cm³/mol. The van der Waals surface area contributed by atoms with Gasteiger partial charge in [0.05, 0.1) is 16.5 Å². The van der Waals surface area contributed by atoms with Crippen molar-refractivity contribution in [2.45, 2.75) is 37.0 Å². The molecule has 2 unspecified atom stereocenters. The SMILES string of the molecule is CC(NS(=O)(=O)c1ccccc1C(F)(F)F)C(=O)N(C)C(C)C(=O)O. The number of sulfonamides is 1. The van der Waals surface area contributed by atoms with E-state index in [1.54, 1.807) is 0 Å². The summed E-state index contributed by atoms with van der Waals surface area (Å²) in [7, 11) is -3.51. The number of amides is 1. The molecule has 0 aliphatic carbocycles. The van der Waals surface area contributed by atoms with E-state index in [1.807, 2.05) is 4.72 Å². The standard InChI is InChI=1S/C14H17F3N2O5S/c1-8(12(20)19(3)9(2)13(21)22)18-25(23,24)11-7-5-4-6-10(11)14(15,16)17/h4-9,18H,1-3H3,(H,21,22). The first-order chi connectivity index (χ1) is 11.3. The third-order valence-electron chi connectivity index (χ3n) is 3.47. The maximum Gasteiger partial charge on any atom is 0.417 e. The number of alkyl halides is 3. The first kappa shape index (κ1) is 20.9. The molecule has 1 aromatic rings. The van der Waals surface area contributed by atoms with E-state index in [0.717, 1.165) is 37.1 Å². The summed E-state index contributed by atoms with van der Waals surface area (Å²) in [6.45, 7) is 2.32. The van der Waals surface area contributed by atoms with Crippen LogP contribution in [0.5, 0.6) is 0 Å². The Bertz CT molecular complexity index is 764. The van der Waals surface area contributed by atoms with Crippen molar-refractivity contribution in [1.82, 2.24) is 9.62 Å². The third-order valence-corrected chi connectivity index (χ3v) is 5.07. The molecular weight excluding hydrogens is 365 g/mol. The van der Waals surface area contributed by atoms with Crippen molar-refractivity contribution >= 4 is 21.9 Å². The summed E-state index contributed by atoms with van der Waals surface area (Å²) in [5.41, 5.74) is -1.37. The van der Waals surface area contributed by atoms with Crippen LogP contribution in [0.2, 0.25) is 0 Å². The highest BCUT2D eigenvalue weighted by molar-refractivity contribution is 7.89. The second-order valence-corrected chi connectivity index (χ2v) is 6.98. The predicted octanol–water partition coefficient (Wildman–Crippen LogP) is 1.30. The van der Waals surface area contributed by atoms with Gasteiger partial charge in [0, 0.05) is 7.05 Å². The molecule has 0 heterocycles. The molecule has 0 aliphatic rings. The minimum atomic E-state index is -4.90. The van der Waals surface area contributed by atoms with E-state index in [2.05, 4.69) is 0 Å². The van der Waals surface area contributed by atoms with Crippen molar-refractivity contribution in [1.29, 1.82) is 0 Å². The number of carbonyl (C=O) groups is 2. The topological polar surface area (TPSA) is 104 Å². The summed E-state index contributed by atoms with van der Waals surface area (Å²) in [6, 6.07) is 0.847. The second kappa shape index (κ2) is 7.40. The lowest BCUT2D eigenvalue weighted by Gasteiger charge is -2.25. The summed E-state index contributed by atoms with van der Waals surface area (Å²) in [4.78, 5) is 22.7. The molecule has 0 bridgehead atoms. The number of hydrogen-bond donors (Lipinski definition) is 2. The average molecular weight is 382 g/mol. The van der Waals surface area contributed by atoms with Crippen LogP contribution in [0.15, 0.2) is 29.2 Å². The molecular formula is C14H17F3N2O5S. The quantitative estimate of drug-likeness (QED) is 0.772. The van der Waals surface area contributed by atoms with Crippen LogP contribution in [0.25, 0.3) is 0 Å². The normalized spacial score (nSPS) is 14.6. The zero-order valence-corrected chi connectivity index (χ0v) is 14.4.